The lowest BCUT2D eigenvalue weighted by molar-refractivity contribution is 0.583. The molecule has 0 amide bonds. The van der Waals surface area contributed by atoms with Crippen molar-refractivity contribution in [1.29, 1.82) is 0 Å². The number of aryl methyl sites for hydroxylation is 1. The van der Waals surface area contributed by atoms with Gasteiger partial charge >= 0.3 is 0 Å². The molecular formula is C12H15ClN4. The molecule has 0 saturated carbocycles. The van der Waals surface area contributed by atoms with Gasteiger partial charge in [0, 0.05) is 30.7 Å². The lowest BCUT2D eigenvalue weighted by atomic mass is 10.0. The number of halogens is 1. The highest BCUT2D eigenvalue weighted by Crippen LogP contribution is 2.19. The Morgan fingerprint density at radius 2 is 2.06 bits per heavy atom. The van der Waals surface area contributed by atoms with Gasteiger partial charge in [0.1, 0.15) is 0 Å². The quantitative estimate of drug-likeness (QED) is 0.902. The minimum Gasteiger partial charge on any atom is -0.313 e. The second-order valence-corrected chi connectivity index (χ2v) is 4.42. The maximum absolute atomic E-state index is 5.88. The summed E-state index contributed by atoms with van der Waals surface area (Å²) in [5, 5.41) is 12.1. The fourth-order valence-corrected chi connectivity index (χ4v) is 1.91. The van der Waals surface area contributed by atoms with Gasteiger partial charge in [-0.25, -0.2) is 0 Å². The second kappa shape index (κ2) is 5.29. The Hall–Kier alpha value is -1.39. The molecule has 0 spiro atoms. The predicted octanol–water partition coefficient (Wildman–Crippen LogP) is 1.97. The maximum Gasteiger partial charge on any atom is 0.0845 e. The molecule has 1 N–H and O–H groups in total. The first kappa shape index (κ1) is 12.1. The van der Waals surface area contributed by atoms with E-state index in [1.807, 2.05) is 44.6 Å². The SMILES string of the molecule is CNC(Cc1cn(C)nn1)c1ccc(Cl)cc1. The second-order valence-electron chi connectivity index (χ2n) is 3.98. The summed E-state index contributed by atoms with van der Waals surface area (Å²) in [4.78, 5) is 0. The number of aromatic nitrogens is 3. The summed E-state index contributed by atoms with van der Waals surface area (Å²) in [6.07, 6.45) is 2.74. The molecule has 2 aromatic rings. The number of hydrogen-bond donors (Lipinski definition) is 1. The Balaban J connectivity index is 2.13. The van der Waals surface area contributed by atoms with E-state index in [1.165, 1.54) is 5.56 Å². The third-order valence-corrected chi connectivity index (χ3v) is 2.94. The standard InChI is InChI=1S/C12H15ClN4/c1-14-12(7-11-8-17(2)16-15-11)9-3-5-10(13)6-4-9/h3-6,8,12,14H,7H2,1-2H3. The molecule has 1 heterocycles. The van der Waals surface area contributed by atoms with Gasteiger partial charge in [-0.15, -0.1) is 5.10 Å². The topological polar surface area (TPSA) is 42.7 Å². The van der Waals surface area contributed by atoms with Gasteiger partial charge in [0.25, 0.3) is 0 Å². The zero-order valence-electron chi connectivity index (χ0n) is 9.89. The average Bonchev–Trinajstić information content (AvgIpc) is 2.73. The Morgan fingerprint density at radius 3 is 2.59 bits per heavy atom. The van der Waals surface area contributed by atoms with E-state index < -0.39 is 0 Å². The molecule has 1 unspecified atom stereocenters. The Kier molecular flexibility index (Phi) is 3.76. The van der Waals surface area contributed by atoms with E-state index in [0.29, 0.717) is 0 Å². The third-order valence-electron chi connectivity index (χ3n) is 2.68. The van der Waals surface area contributed by atoms with Crippen molar-refractivity contribution in [2.75, 3.05) is 7.05 Å². The van der Waals surface area contributed by atoms with Gasteiger partial charge in [0.05, 0.1) is 5.69 Å². The van der Waals surface area contributed by atoms with Crippen molar-refractivity contribution in [3.63, 3.8) is 0 Å². The molecule has 90 valence electrons. The fraction of sp³-hybridized carbons (Fsp3) is 0.333. The number of likely N-dealkylation sites (N-methyl/N-ethyl adjacent to an activating group) is 1. The molecule has 0 fully saturated rings. The molecule has 0 saturated heterocycles. The highest BCUT2D eigenvalue weighted by Gasteiger charge is 2.11. The molecule has 1 aromatic heterocycles. The van der Waals surface area contributed by atoms with Crippen molar-refractivity contribution in [1.82, 2.24) is 20.3 Å². The van der Waals surface area contributed by atoms with E-state index in [9.17, 15) is 0 Å². The molecule has 0 aliphatic rings. The van der Waals surface area contributed by atoms with E-state index in [1.54, 1.807) is 4.68 Å². The van der Waals surface area contributed by atoms with Crippen molar-refractivity contribution in [3.05, 3.63) is 46.7 Å². The van der Waals surface area contributed by atoms with Gasteiger partial charge in [0.2, 0.25) is 0 Å². The highest BCUT2D eigenvalue weighted by molar-refractivity contribution is 6.30. The van der Waals surface area contributed by atoms with Gasteiger partial charge in [-0.3, -0.25) is 4.68 Å². The molecule has 0 aliphatic heterocycles. The summed E-state index contributed by atoms with van der Waals surface area (Å²) >= 11 is 5.88. The summed E-state index contributed by atoms with van der Waals surface area (Å²) in [7, 11) is 3.81. The molecule has 0 radical (unpaired) electrons. The molecule has 1 aromatic carbocycles. The van der Waals surface area contributed by atoms with Crippen LogP contribution in [0.1, 0.15) is 17.3 Å². The molecule has 0 aliphatic carbocycles. The van der Waals surface area contributed by atoms with Crippen LogP contribution in [0.2, 0.25) is 5.02 Å². The van der Waals surface area contributed by atoms with E-state index in [-0.39, 0.29) is 6.04 Å². The van der Waals surface area contributed by atoms with E-state index in [4.69, 9.17) is 11.6 Å². The van der Waals surface area contributed by atoms with Crippen LogP contribution in [0.5, 0.6) is 0 Å². The van der Waals surface area contributed by atoms with E-state index >= 15 is 0 Å². The predicted molar refractivity (Wildman–Crippen MR) is 68.0 cm³/mol. The monoisotopic (exact) mass is 250 g/mol. The highest BCUT2D eigenvalue weighted by atomic mass is 35.5. The van der Waals surface area contributed by atoms with Crippen LogP contribution in [0, 0.1) is 0 Å². The number of nitrogens with one attached hydrogen (secondary N) is 1. The van der Waals surface area contributed by atoms with Crippen LogP contribution in [0.3, 0.4) is 0 Å². The molecule has 1 atom stereocenters. The van der Waals surface area contributed by atoms with Crippen LogP contribution in [0.25, 0.3) is 0 Å². The Labute approximate surface area is 106 Å². The maximum atomic E-state index is 5.88. The first-order chi connectivity index (χ1) is 8.19. The van der Waals surface area contributed by atoms with Gasteiger partial charge in [-0.05, 0) is 24.7 Å². The third kappa shape index (κ3) is 3.05. The summed E-state index contributed by atoms with van der Waals surface area (Å²) < 4.78 is 1.71. The van der Waals surface area contributed by atoms with Crippen LogP contribution >= 0.6 is 11.6 Å². The van der Waals surface area contributed by atoms with Crippen LogP contribution in [0.15, 0.2) is 30.5 Å². The number of rotatable bonds is 4. The van der Waals surface area contributed by atoms with Gasteiger partial charge in [-0.2, -0.15) is 0 Å². The molecule has 5 heteroatoms. The average molecular weight is 251 g/mol. The van der Waals surface area contributed by atoms with E-state index in [0.717, 1.165) is 17.1 Å². The summed E-state index contributed by atoms with van der Waals surface area (Å²) in [5.41, 5.74) is 2.17. The largest absolute Gasteiger partial charge is 0.313 e. The van der Waals surface area contributed by atoms with Crippen molar-refractivity contribution in [2.45, 2.75) is 12.5 Å². The van der Waals surface area contributed by atoms with Crippen LogP contribution < -0.4 is 5.32 Å². The Morgan fingerprint density at radius 1 is 1.35 bits per heavy atom. The lowest BCUT2D eigenvalue weighted by Gasteiger charge is -2.15. The first-order valence-corrected chi connectivity index (χ1v) is 5.85. The summed E-state index contributed by atoms with van der Waals surface area (Å²) in [6, 6.07) is 8.08. The summed E-state index contributed by atoms with van der Waals surface area (Å²) in [6.45, 7) is 0. The zero-order chi connectivity index (χ0) is 12.3. The zero-order valence-corrected chi connectivity index (χ0v) is 10.6. The van der Waals surface area contributed by atoms with Gasteiger partial charge in [-0.1, -0.05) is 28.9 Å². The molecule has 2 rings (SSSR count). The number of nitrogens with zero attached hydrogens (tertiary/aromatic N) is 3. The Bertz CT molecular complexity index is 478. The number of benzene rings is 1. The van der Waals surface area contributed by atoms with Gasteiger partial charge in [0.15, 0.2) is 0 Å². The normalized spacial score (nSPS) is 12.6. The van der Waals surface area contributed by atoms with Gasteiger partial charge < -0.3 is 5.32 Å². The minimum atomic E-state index is 0.226. The van der Waals surface area contributed by atoms with Crippen LogP contribution in [-0.2, 0) is 13.5 Å². The summed E-state index contributed by atoms with van der Waals surface area (Å²) in [5.74, 6) is 0. The first-order valence-electron chi connectivity index (χ1n) is 5.47. The smallest absolute Gasteiger partial charge is 0.0845 e. The lowest BCUT2D eigenvalue weighted by Crippen LogP contribution is -2.18. The van der Waals surface area contributed by atoms with Crippen molar-refractivity contribution < 1.29 is 0 Å². The van der Waals surface area contributed by atoms with Crippen LogP contribution in [-0.4, -0.2) is 22.0 Å². The number of hydrogen-bond acceptors (Lipinski definition) is 3. The van der Waals surface area contributed by atoms with Crippen molar-refractivity contribution in [2.24, 2.45) is 7.05 Å². The molecule has 4 nitrogen and oxygen atoms in total. The molecule has 0 bridgehead atoms. The molecule has 17 heavy (non-hydrogen) atoms. The van der Waals surface area contributed by atoms with Crippen molar-refractivity contribution >= 4 is 11.6 Å². The van der Waals surface area contributed by atoms with E-state index in [2.05, 4.69) is 15.6 Å². The molecular weight excluding hydrogens is 236 g/mol. The fourth-order valence-electron chi connectivity index (χ4n) is 1.78. The van der Waals surface area contributed by atoms with Crippen LogP contribution in [0.4, 0.5) is 0 Å². The minimum absolute atomic E-state index is 0.226. The van der Waals surface area contributed by atoms with Crippen molar-refractivity contribution in [3.8, 4) is 0 Å².